The van der Waals surface area contributed by atoms with Gasteiger partial charge in [0, 0.05) is 11.8 Å². The Labute approximate surface area is 88.6 Å². The van der Waals surface area contributed by atoms with Gasteiger partial charge in [-0.1, -0.05) is 24.3 Å². The highest BCUT2D eigenvalue weighted by atomic mass is 16.3. The van der Waals surface area contributed by atoms with E-state index in [2.05, 4.69) is 12.1 Å². The zero-order chi connectivity index (χ0) is 10.2. The first-order valence-electron chi connectivity index (χ1n) is 5.71. The van der Waals surface area contributed by atoms with E-state index in [9.17, 15) is 10.2 Å². The fourth-order valence-electron chi connectivity index (χ4n) is 4.10. The van der Waals surface area contributed by atoms with Gasteiger partial charge in [-0.15, -0.1) is 0 Å². The summed E-state index contributed by atoms with van der Waals surface area (Å²) in [6.45, 7) is 0. The average Bonchev–Trinajstić information content (AvgIpc) is 2.91. The first-order valence-corrected chi connectivity index (χ1v) is 5.71. The lowest BCUT2D eigenvalue weighted by molar-refractivity contribution is 0.0217. The lowest BCUT2D eigenvalue weighted by Crippen LogP contribution is -2.30. The molecule has 1 aromatic rings. The molecule has 0 radical (unpaired) electrons. The van der Waals surface area contributed by atoms with Crippen molar-refractivity contribution in [3.8, 4) is 0 Å². The van der Waals surface area contributed by atoms with Gasteiger partial charge in [0.25, 0.3) is 0 Å². The first kappa shape index (κ1) is 8.31. The van der Waals surface area contributed by atoms with E-state index >= 15 is 0 Å². The second-order valence-electron chi connectivity index (χ2n) is 5.30. The maximum atomic E-state index is 10.1. The lowest BCUT2D eigenvalue weighted by Gasteiger charge is -2.24. The van der Waals surface area contributed by atoms with Crippen LogP contribution in [0.4, 0.5) is 0 Å². The molecule has 2 bridgehead atoms. The Kier molecular flexibility index (Phi) is 1.26. The van der Waals surface area contributed by atoms with Crippen LogP contribution in [0.1, 0.15) is 35.8 Å². The molecule has 4 atom stereocenters. The van der Waals surface area contributed by atoms with E-state index in [1.807, 2.05) is 12.1 Å². The molecule has 3 aliphatic rings. The highest BCUT2D eigenvalue weighted by Gasteiger charge is 2.70. The summed E-state index contributed by atoms with van der Waals surface area (Å²) in [6, 6.07) is 8.31. The molecule has 0 amide bonds. The van der Waals surface area contributed by atoms with Gasteiger partial charge in [-0.3, -0.25) is 0 Å². The molecule has 0 aromatic heterocycles. The second kappa shape index (κ2) is 2.28. The fraction of sp³-hybridized carbons (Fsp3) is 0.538. The van der Waals surface area contributed by atoms with Gasteiger partial charge in [0.2, 0.25) is 0 Å². The number of rotatable bonds is 0. The topological polar surface area (TPSA) is 40.5 Å². The minimum Gasteiger partial charge on any atom is -0.390 e. The Bertz CT molecular complexity index is 399. The minimum absolute atomic E-state index is 0.202. The predicted octanol–water partition coefficient (Wildman–Crippen LogP) is 1.38. The quantitative estimate of drug-likeness (QED) is 0.667. The van der Waals surface area contributed by atoms with Crippen LogP contribution in [0.15, 0.2) is 24.3 Å². The minimum atomic E-state index is -0.535. The second-order valence-corrected chi connectivity index (χ2v) is 5.30. The van der Waals surface area contributed by atoms with Gasteiger partial charge in [0.15, 0.2) is 0 Å². The molecular weight excluding hydrogens is 188 g/mol. The molecule has 2 N–H and O–H groups in total. The molecule has 2 fully saturated rings. The smallest absolute Gasteiger partial charge is 0.0879 e. The molecule has 0 heterocycles. The predicted molar refractivity (Wildman–Crippen MR) is 55.6 cm³/mol. The van der Waals surface area contributed by atoms with Gasteiger partial charge < -0.3 is 10.2 Å². The summed E-state index contributed by atoms with van der Waals surface area (Å²) in [5.74, 6) is 0.405. The molecule has 3 aliphatic carbocycles. The van der Waals surface area contributed by atoms with E-state index in [0.717, 1.165) is 0 Å². The number of benzene rings is 1. The van der Waals surface area contributed by atoms with Crippen molar-refractivity contribution in [3.63, 3.8) is 0 Å². The van der Waals surface area contributed by atoms with Crippen molar-refractivity contribution in [2.24, 2.45) is 5.41 Å². The third kappa shape index (κ3) is 0.734. The summed E-state index contributed by atoms with van der Waals surface area (Å²) in [6.07, 6.45) is 1.27. The summed E-state index contributed by atoms with van der Waals surface area (Å²) in [4.78, 5) is 0. The highest BCUT2D eigenvalue weighted by Crippen LogP contribution is 2.75. The van der Waals surface area contributed by atoms with Crippen LogP contribution in [-0.4, -0.2) is 22.4 Å². The van der Waals surface area contributed by atoms with Gasteiger partial charge in [-0.2, -0.15) is 0 Å². The maximum absolute atomic E-state index is 10.1. The van der Waals surface area contributed by atoms with Crippen LogP contribution in [0.2, 0.25) is 0 Å². The molecule has 1 spiro atoms. The summed E-state index contributed by atoms with van der Waals surface area (Å²) >= 11 is 0. The summed E-state index contributed by atoms with van der Waals surface area (Å²) in [5.41, 5.74) is 2.80. The molecule has 4 rings (SSSR count). The van der Waals surface area contributed by atoms with Crippen LogP contribution < -0.4 is 0 Å². The largest absolute Gasteiger partial charge is 0.390 e. The van der Waals surface area contributed by atoms with Crippen LogP contribution in [0, 0.1) is 5.41 Å². The average molecular weight is 202 g/mol. The van der Waals surface area contributed by atoms with Crippen molar-refractivity contribution in [2.75, 3.05) is 0 Å². The Hall–Kier alpha value is -0.860. The van der Waals surface area contributed by atoms with E-state index in [1.54, 1.807) is 0 Å². The molecule has 0 aliphatic heterocycles. The zero-order valence-corrected chi connectivity index (χ0v) is 8.43. The molecule has 2 heteroatoms. The van der Waals surface area contributed by atoms with Crippen molar-refractivity contribution in [3.05, 3.63) is 35.4 Å². The van der Waals surface area contributed by atoms with Gasteiger partial charge in [-0.25, -0.2) is 0 Å². The molecule has 0 saturated heterocycles. The van der Waals surface area contributed by atoms with Crippen molar-refractivity contribution < 1.29 is 10.2 Å². The van der Waals surface area contributed by atoms with Crippen molar-refractivity contribution in [1.82, 2.24) is 0 Å². The molecule has 78 valence electrons. The third-order valence-corrected chi connectivity index (χ3v) is 4.77. The molecule has 4 unspecified atom stereocenters. The van der Waals surface area contributed by atoms with Gasteiger partial charge >= 0.3 is 0 Å². The SMILES string of the molecule is OC1C(O)C2c3ccccc3C1C21CC1. The summed E-state index contributed by atoms with van der Waals surface area (Å²) in [7, 11) is 0. The first-order chi connectivity index (χ1) is 7.26. The molecule has 2 nitrogen and oxygen atoms in total. The number of hydrogen-bond donors (Lipinski definition) is 2. The molecule has 15 heavy (non-hydrogen) atoms. The standard InChI is InChI=1S/C13H14O2/c14-11-9-7-3-1-2-4-8(7)10(12(11)15)13(9)5-6-13/h1-4,9-12,14-15H,5-6H2. The molecule has 1 aromatic carbocycles. The molecule has 2 saturated carbocycles. The van der Waals surface area contributed by atoms with E-state index in [0.29, 0.717) is 0 Å². The van der Waals surface area contributed by atoms with Gasteiger partial charge in [0.05, 0.1) is 12.2 Å². The highest BCUT2D eigenvalue weighted by molar-refractivity contribution is 5.51. The Morgan fingerprint density at radius 3 is 1.80 bits per heavy atom. The van der Waals surface area contributed by atoms with Gasteiger partial charge in [-0.05, 0) is 29.4 Å². The maximum Gasteiger partial charge on any atom is 0.0879 e. The number of fused-ring (bicyclic) bond motifs is 3. The van der Waals surface area contributed by atoms with E-state index < -0.39 is 12.2 Å². The van der Waals surface area contributed by atoms with Crippen LogP contribution in [0.3, 0.4) is 0 Å². The Morgan fingerprint density at radius 2 is 1.40 bits per heavy atom. The summed E-state index contributed by atoms with van der Waals surface area (Å²) in [5, 5.41) is 20.1. The normalized spacial score (nSPS) is 43.3. The Balaban J connectivity index is 1.99. The zero-order valence-electron chi connectivity index (χ0n) is 8.43. The van der Waals surface area contributed by atoms with Crippen LogP contribution in [0.25, 0.3) is 0 Å². The van der Waals surface area contributed by atoms with E-state index in [-0.39, 0.29) is 17.3 Å². The summed E-state index contributed by atoms with van der Waals surface area (Å²) < 4.78 is 0. The third-order valence-electron chi connectivity index (χ3n) is 4.77. The number of hydrogen-bond acceptors (Lipinski definition) is 2. The van der Waals surface area contributed by atoms with Crippen LogP contribution >= 0.6 is 0 Å². The van der Waals surface area contributed by atoms with E-state index in [1.165, 1.54) is 24.0 Å². The van der Waals surface area contributed by atoms with Crippen molar-refractivity contribution in [1.29, 1.82) is 0 Å². The fourth-order valence-corrected chi connectivity index (χ4v) is 4.10. The van der Waals surface area contributed by atoms with Gasteiger partial charge in [0.1, 0.15) is 0 Å². The van der Waals surface area contributed by atoms with E-state index in [4.69, 9.17) is 0 Å². The Morgan fingerprint density at radius 1 is 0.933 bits per heavy atom. The van der Waals surface area contributed by atoms with Crippen LogP contribution in [0.5, 0.6) is 0 Å². The number of aliphatic hydroxyl groups excluding tert-OH is 2. The van der Waals surface area contributed by atoms with Crippen molar-refractivity contribution >= 4 is 0 Å². The lowest BCUT2D eigenvalue weighted by atomic mass is 9.88. The molecular formula is C13H14O2. The van der Waals surface area contributed by atoms with Crippen molar-refractivity contribution in [2.45, 2.75) is 36.9 Å². The van der Waals surface area contributed by atoms with Crippen LogP contribution in [-0.2, 0) is 0 Å². The number of aliphatic hydroxyl groups is 2. The monoisotopic (exact) mass is 202 g/mol.